The number of benzene rings is 2. The van der Waals surface area contributed by atoms with Crippen LogP contribution in [0, 0.1) is 26.7 Å². The first kappa shape index (κ1) is 19.4. The summed E-state index contributed by atoms with van der Waals surface area (Å²) in [4.78, 5) is 14.7. The highest BCUT2D eigenvalue weighted by atomic mass is 16.2. The molecular formula is C23H31N3O. The zero-order chi connectivity index (χ0) is 19.2. The normalized spacial score (nSPS) is 15.5. The number of nitrogens with one attached hydrogen (secondary N) is 2. The molecule has 2 aromatic carbocycles. The third-order valence-electron chi connectivity index (χ3n) is 5.51. The van der Waals surface area contributed by atoms with Crippen LogP contribution in [0.5, 0.6) is 0 Å². The number of likely N-dealkylation sites (tertiary alicyclic amines) is 1. The van der Waals surface area contributed by atoms with Crippen molar-refractivity contribution in [2.24, 2.45) is 5.92 Å². The van der Waals surface area contributed by atoms with Crippen molar-refractivity contribution in [3.63, 3.8) is 0 Å². The Morgan fingerprint density at radius 1 is 1.04 bits per heavy atom. The van der Waals surface area contributed by atoms with E-state index in [1.165, 1.54) is 22.3 Å². The van der Waals surface area contributed by atoms with Crippen molar-refractivity contribution in [3.05, 3.63) is 64.7 Å². The van der Waals surface area contributed by atoms with Crippen LogP contribution in [-0.2, 0) is 6.54 Å². The molecule has 0 atom stereocenters. The Bertz CT molecular complexity index is 779. The van der Waals surface area contributed by atoms with Gasteiger partial charge in [-0.3, -0.25) is 4.90 Å². The molecule has 0 bridgehead atoms. The topological polar surface area (TPSA) is 44.4 Å². The van der Waals surface area contributed by atoms with Gasteiger partial charge in [0.05, 0.1) is 0 Å². The summed E-state index contributed by atoms with van der Waals surface area (Å²) < 4.78 is 0. The van der Waals surface area contributed by atoms with Gasteiger partial charge in [-0.1, -0.05) is 35.9 Å². The first-order chi connectivity index (χ1) is 13.0. The molecule has 2 aromatic rings. The van der Waals surface area contributed by atoms with Crippen LogP contribution in [0.2, 0.25) is 0 Å². The van der Waals surface area contributed by atoms with Crippen LogP contribution in [0.1, 0.15) is 35.1 Å². The molecule has 0 aliphatic carbocycles. The van der Waals surface area contributed by atoms with Gasteiger partial charge in [0.15, 0.2) is 0 Å². The van der Waals surface area contributed by atoms with Crippen LogP contribution in [0.4, 0.5) is 10.5 Å². The largest absolute Gasteiger partial charge is 0.338 e. The van der Waals surface area contributed by atoms with E-state index < -0.39 is 0 Å². The summed E-state index contributed by atoms with van der Waals surface area (Å²) >= 11 is 0. The molecule has 0 radical (unpaired) electrons. The Balaban J connectivity index is 1.38. The monoisotopic (exact) mass is 365 g/mol. The number of urea groups is 1. The predicted octanol–water partition coefficient (Wildman–Crippen LogP) is 4.65. The zero-order valence-electron chi connectivity index (χ0n) is 16.7. The summed E-state index contributed by atoms with van der Waals surface area (Å²) in [5, 5.41) is 5.97. The third kappa shape index (κ3) is 5.83. The summed E-state index contributed by atoms with van der Waals surface area (Å²) in [6.45, 7) is 10.2. The number of nitrogens with zero attached hydrogens (tertiary/aromatic N) is 1. The SMILES string of the molecule is Cc1cccc(CN2CCC(CNC(=O)Nc3ccc(C)c(C)c3)CC2)c1. The number of amides is 2. The number of carbonyl (C=O) groups is 1. The highest BCUT2D eigenvalue weighted by Crippen LogP contribution is 2.19. The van der Waals surface area contributed by atoms with E-state index in [0.29, 0.717) is 5.92 Å². The van der Waals surface area contributed by atoms with Crippen molar-refractivity contribution in [3.8, 4) is 0 Å². The second-order valence-corrected chi connectivity index (χ2v) is 7.84. The number of aryl methyl sites for hydroxylation is 3. The average Bonchev–Trinajstić information content (AvgIpc) is 2.64. The van der Waals surface area contributed by atoms with Gasteiger partial charge in [0, 0.05) is 18.8 Å². The highest BCUT2D eigenvalue weighted by Gasteiger charge is 2.19. The highest BCUT2D eigenvalue weighted by molar-refractivity contribution is 5.89. The lowest BCUT2D eigenvalue weighted by atomic mass is 9.96. The Labute approximate surface area is 163 Å². The van der Waals surface area contributed by atoms with Gasteiger partial charge in [-0.25, -0.2) is 4.79 Å². The van der Waals surface area contributed by atoms with Crippen molar-refractivity contribution in [2.75, 3.05) is 25.0 Å². The number of rotatable bonds is 5. The summed E-state index contributed by atoms with van der Waals surface area (Å²) in [6, 6.07) is 14.6. The van der Waals surface area contributed by atoms with Crippen molar-refractivity contribution in [1.82, 2.24) is 10.2 Å². The van der Waals surface area contributed by atoms with E-state index in [2.05, 4.69) is 60.6 Å². The fraction of sp³-hybridized carbons (Fsp3) is 0.435. The summed E-state index contributed by atoms with van der Waals surface area (Å²) in [7, 11) is 0. The van der Waals surface area contributed by atoms with Crippen LogP contribution in [-0.4, -0.2) is 30.6 Å². The molecule has 2 N–H and O–H groups in total. The Hall–Kier alpha value is -2.33. The molecule has 0 aromatic heterocycles. The van der Waals surface area contributed by atoms with Crippen molar-refractivity contribution in [1.29, 1.82) is 0 Å². The van der Waals surface area contributed by atoms with E-state index in [-0.39, 0.29) is 6.03 Å². The molecule has 1 saturated heterocycles. The lowest BCUT2D eigenvalue weighted by Crippen LogP contribution is -2.39. The van der Waals surface area contributed by atoms with Gasteiger partial charge < -0.3 is 10.6 Å². The molecule has 2 amide bonds. The fourth-order valence-electron chi connectivity index (χ4n) is 3.65. The molecule has 4 nitrogen and oxygen atoms in total. The predicted molar refractivity (Wildman–Crippen MR) is 112 cm³/mol. The van der Waals surface area contributed by atoms with Crippen molar-refractivity contribution < 1.29 is 4.79 Å². The van der Waals surface area contributed by atoms with Crippen LogP contribution >= 0.6 is 0 Å². The number of anilines is 1. The molecule has 0 unspecified atom stereocenters. The summed E-state index contributed by atoms with van der Waals surface area (Å²) in [6.07, 6.45) is 2.27. The maximum Gasteiger partial charge on any atom is 0.319 e. The maximum atomic E-state index is 12.2. The van der Waals surface area contributed by atoms with Crippen LogP contribution in [0.3, 0.4) is 0 Å². The molecule has 27 heavy (non-hydrogen) atoms. The van der Waals surface area contributed by atoms with Gasteiger partial charge in [0.1, 0.15) is 0 Å². The summed E-state index contributed by atoms with van der Waals surface area (Å²) in [5.41, 5.74) is 5.98. The molecule has 144 valence electrons. The first-order valence-corrected chi connectivity index (χ1v) is 9.89. The molecule has 4 heteroatoms. The fourth-order valence-corrected chi connectivity index (χ4v) is 3.65. The minimum atomic E-state index is -0.111. The number of hydrogen-bond acceptors (Lipinski definition) is 2. The van der Waals surface area contributed by atoms with E-state index in [1.807, 2.05) is 18.2 Å². The molecule has 0 spiro atoms. The third-order valence-corrected chi connectivity index (χ3v) is 5.51. The van der Waals surface area contributed by atoms with E-state index in [1.54, 1.807) is 0 Å². The molecule has 1 aliphatic rings. The molecular weight excluding hydrogens is 334 g/mol. The Morgan fingerprint density at radius 3 is 2.52 bits per heavy atom. The molecule has 1 heterocycles. The Morgan fingerprint density at radius 2 is 1.81 bits per heavy atom. The molecule has 3 rings (SSSR count). The quantitative estimate of drug-likeness (QED) is 0.810. The van der Waals surface area contributed by atoms with Crippen LogP contribution in [0.15, 0.2) is 42.5 Å². The maximum absolute atomic E-state index is 12.2. The first-order valence-electron chi connectivity index (χ1n) is 9.89. The van der Waals surface area contributed by atoms with Crippen molar-refractivity contribution >= 4 is 11.7 Å². The van der Waals surface area contributed by atoms with E-state index in [4.69, 9.17) is 0 Å². The minimum absolute atomic E-state index is 0.111. The van der Waals surface area contributed by atoms with E-state index in [9.17, 15) is 4.79 Å². The van der Waals surface area contributed by atoms with E-state index in [0.717, 1.165) is 44.7 Å². The van der Waals surface area contributed by atoms with Crippen LogP contribution < -0.4 is 10.6 Å². The van der Waals surface area contributed by atoms with E-state index >= 15 is 0 Å². The number of carbonyl (C=O) groups excluding carboxylic acids is 1. The van der Waals surface area contributed by atoms with Gasteiger partial charge in [-0.2, -0.15) is 0 Å². The van der Waals surface area contributed by atoms with Gasteiger partial charge in [0.25, 0.3) is 0 Å². The van der Waals surface area contributed by atoms with Gasteiger partial charge in [-0.15, -0.1) is 0 Å². The zero-order valence-corrected chi connectivity index (χ0v) is 16.7. The van der Waals surface area contributed by atoms with Crippen LogP contribution in [0.25, 0.3) is 0 Å². The number of piperidine rings is 1. The summed E-state index contributed by atoms with van der Waals surface area (Å²) in [5.74, 6) is 0.560. The average molecular weight is 366 g/mol. The lowest BCUT2D eigenvalue weighted by molar-refractivity contribution is 0.175. The second-order valence-electron chi connectivity index (χ2n) is 7.84. The minimum Gasteiger partial charge on any atom is -0.338 e. The van der Waals surface area contributed by atoms with Crippen molar-refractivity contribution in [2.45, 2.75) is 40.2 Å². The second kappa shape index (κ2) is 9.05. The Kier molecular flexibility index (Phi) is 6.51. The molecule has 1 aliphatic heterocycles. The lowest BCUT2D eigenvalue weighted by Gasteiger charge is -2.32. The van der Waals surface area contributed by atoms with Gasteiger partial charge in [0.2, 0.25) is 0 Å². The molecule has 1 fully saturated rings. The molecule has 0 saturated carbocycles. The van der Waals surface area contributed by atoms with Gasteiger partial charge >= 0.3 is 6.03 Å². The van der Waals surface area contributed by atoms with Gasteiger partial charge in [-0.05, 0) is 81.4 Å². The smallest absolute Gasteiger partial charge is 0.319 e. The number of hydrogen-bond donors (Lipinski definition) is 2. The standard InChI is InChI=1S/C23H31N3O/c1-17-5-4-6-21(13-17)16-26-11-9-20(10-12-26)15-24-23(27)25-22-8-7-18(2)19(3)14-22/h4-8,13-14,20H,9-12,15-16H2,1-3H3,(H2,24,25,27).